The fourth-order valence-electron chi connectivity index (χ4n) is 9.01. The molecule has 3 fully saturated rings. The minimum Gasteiger partial charge on any atom is -0.0882 e. The summed E-state index contributed by atoms with van der Waals surface area (Å²) in [4.78, 5) is 0. The van der Waals surface area contributed by atoms with Crippen LogP contribution in [-0.4, -0.2) is 0 Å². The molecule has 0 radical (unpaired) electrons. The molecule has 0 N–H and O–H groups in total. The van der Waals surface area contributed by atoms with Gasteiger partial charge in [-0.3, -0.25) is 0 Å². The lowest BCUT2D eigenvalue weighted by Crippen LogP contribution is -2.52. The second-order valence-corrected chi connectivity index (χ2v) is 12.3. The molecule has 0 aliphatic heterocycles. The van der Waals surface area contributed by atoms with E-state index in [2.05, 4.69) is 65.8 Å². The average molecular weight is 397 g/mol. The number of fused-ring (bicyclic) bond motifs is 5. The van der Waals surface area contributed by atoms with E-state index in [9.17, 15) is 0 Å². The van der Waals surface area contributed by atoms with Crippen LogP contribution in [0.15, 0.2) is 24.3 Å². The van der Waals surface area contributed by atoms with Crippen LogP contribution in [0.5, 0.6) is 0 Å². The molecule has 0 aromatic carbocycles. The number of rotatable bonds is 5. The summed E-state index contributed by atoms with van der Waals surface area (Å²) < 4.78 is 0. The molecule has 0 bridgehead atoms. The Labute approximate surface area is 182 Å². The van der Waals surface area contributed by atoms with E-state index in [0.717, 1.165) is 47.3 Å². The highest BCUT2D eigenvalue weighted by atomic mass is 14.6. The molecule has 0 aromatic heterocycles. The molecule has 0 saturated heterocycles. The minimum atomic E-state index is 0.595. The lowest BCUT2D eigenvalue weighted by atomic mass is 9.45. The van der Waals surface area contributed by atoms with Crippen molar-refractivity contribution in [2.24, 2.45) is 58.2 Å². The predicted molar refractivity (Wildman–Crippen MR) is 127 cm³/mol. The van der Waals surface area contributed by atoms with Crippen molar-refractivity contribution in [3.05, 3.63) is 24.3 Å². The topological polar surface area (TPSA) is 0 Å². The van der Waals surface area contributed by atoms with Crippen LogP contribution in [0.1, 0.15) is 99.3 Å². The van der Waals surface area contributed by atoms with Gasteiger partial charge in [0.1, 0.15) is 0 Å². The first-order valence-electron chi connectivity index (χ1n) is 13.2. The van der Waals surface area contributed by atoms with Gasteiger partial charge in [-0.2, -0.15) is 0 Å². The summed E-state index contributed by atoms with van der Waals surface area (Å²) >= 11 is 0. The molecule has 4 rings (SSSR count). The van der Waals surface area contributed by atoms with Gasteiger partial charge in [-0.05, 0) is 116 Å². The second kappa shape index (κ2) is 8.20. The van der Waals surface area contributed by atoms with Crippen molar-refractivity contribution in [2.75, 3.05) is 0 Å². The lowest BCUT2D eigenvalue weighted by Gasteiger charge is -2.60. The average Bonchev–Trinajstić information content (AvgIpc) is 3.05. The summed E-state index contributed by atoms with van der Waals surface area (Å²) in [5.74, 6) is 7.07. The normalized spacial score (nSPS) is 46.4. The van der Waals surface area contributed by atoms with Crippen LogP contribution in [-0.2, 0) is 0 Å². The number of allylic oxidation sites excluding steroid dienone is 4. The first-order valence-corrected chi connectivity index (χ1v) is 13.2. The third-order valence-electron chi connectivity index (χ3n) is 10.9. The molecule has 29 heavy (non-hydrogen) atoms. The SMILES string of the molecule is CC[C@H](/C=C/[C@@H](C)[C@H]1CC[C@H]2[C@@H]3CC[C@@H]4C=CCC[C@]4(C)[C@H]3CC[C@]12C)C(C)C. The Balaban J connectivity index is 1.51. The fraction of sp³-hybridized carbons (Fsp3) is 0.862. The van der Waals surface area contributed by atoms with Crippen molar-refractivity contribution in [3.8, 4) is 0 Å². The first kappa shape index (κ1) is 21.7. The van der Waals surface area contributed by atoms with Crippen molar-refractivity contribution in [1.82, 2.24) is 0 Å². The molecular formula is C29H48. The van der Waals surface area contributed by atoms with Gasteiger partial charge in [-0.15, -0.1) is 0 Å². The Morgan fingerprint density at radius 1 is 0.897 bits per heavy atom. The van der Waals surface area contributed by atoms with E-state index < -0.39 is 0 Å². The van der Waals surface area contributed by atoms with Gasteiger partial charge in [0.25, 0.3) is 0 Å². The van der Waals surface area contributed by atoms with E-state index >= 15 is 0 Å². The van der Waals surface area contributed by atoms with E-state index in [0.29, 0.717) is 10.8 Å². The van der Waals surface area contributed by atoms with Gasteiger partial charge >= 0.3 is 0 Å². The van der Waals surface area contributed by atoms with Crippen LogP contribution in [0.3, 0.4) is 0 Å². The van der Waals surface area contributed by atoms with E-state index in [1.54, 1.807) is 0 Å². The standard InChI is InChI=1S/C29H48/c1-7-22(20(2)3)12-11-21(4)25-15-16-26-24-14-13-23-10-8-9-18-28(23,5)27(24)17-19-29(25,26)6/h8,10-12,20-27H,7,9,13-19H2,1-6H3/b12-11+/t21-,22-,23+,24+,25-,26+,27+,28+,29-/m1/s1. The second-order valence-electron chi connectivity index (χ2n) is 12.3. The molecule has 0 amide bonds. The van der Waals surface area contributed by atoms with Crippen LogP contribution >= 0.6 is 0 Å². The Morgan fingerprint density at radius 2 is 1.66 bits per heavy atom. The number of hydrogen-bond donors (Lipinski definition) is 0. The van der Waals surface area contributed by atoms with Gasteiger partial charge < -0.3 is 0 Å². The minimum absolute atomic E-state index is 0.595. The fourth-order valence-corrected chi connectivity index (χ4v) is 9.01. The number of hydrogen-bond acceptors (Lipinski definition) is 0. The van der Waals surface area contributed by atoms with Gasteiger partial charge in [0, 0.05) is 0 Å². The van der Waals surface area contributed by atoms with Gasteiger partial charge in [0.2, 0.25) is 0 Å². The third-order valence-corrected chi connectivity index (χ3v) is 10.9. The maximum Gasteiger partial charge on any atom is -0.0177 e. The molecule has 0 heterocycles. The maximum atomic E-state index is 2.71. The van der Waals surface area contributed by atoms with E-state index in [1.807, 2.05) is 0 Å². The van der Waals surface area contributed by atoms with E-state index in [4.69, 9.17) is 0 Å². The highest BCUT2D eigenvalue weighted by molar-refractivity contribution is 5.14. The molecular weight excluding hydrogens is 348 g/mol. The smallest absolute Gasteiger partial charge is 0.0177 e. The highest BCUT2D eigenvalue weighted by Crippen LogP contribution is 2.67. The van der Waals surface area contributed by atoms with Crippen molar-refractivity contribution in [1.29, 1.82) is 0 Å². The zero-order valence-electron chi connectivity index (χ0n) is 20.3. The summed E-state index contributed by atoms with van der Waals surface area (Å²) in [5.41, 5.74) is 1.20. The van der Waals surface area contributed by atoms with Gasteiger partial charge in [-0.1, -0.05) is 65.8 Å². The first-order chi connectivity index (χ1) is 13.8. The molecule has 0 heteroatoms. The summed E-state index contributed by atoms with van der Waals surface area (Å²) in [7, 11) is 0. The lowest BCUT2D eigenvalue weighted by molar-refractivity contribution is -0.0935. The van der Waals surface area contributed by atoms with Crippen molar-refractivity contribution in [2.45, 2.75) is 99.3 Å². The highest BCUT2D eigenvalue weighted by Gasteiger charge is 2.59. The van der Waals surface area contributed by atoms with Crippen LogP contribution in [0, 0.1) is 58.2 Å². The van der Waals surface area contributed by atoms with Crippen LogP contribution in [0.25, 0.3) is 0 Å². The molecule has 0 unspecified atom stereocenters. The molecule has 0 nitrogen and oxygen atoms in total. The molecule has 3 saturated carbocycles. The monoisotopic (exact) mass is 396 g/mol. The molecule has 164 valence electrons. The Morgan fingerprint density at radius 3 is 2.38 bits per heavy atom. The van der Waals surface area contributed by atoms with Crippen molar-refractivity contribution in [3.63, 3.8) is 0 Å². The Bertz CT molecular complexity index is 626. The molecule has 4 aliphatic carbocycles. The van der Waals surface area contributed by atoms with Gasteiger partial charge in [0.05, 0.1) is 0 Å². The van der Waals surface area contributed by atoms with E-state index in [1.165, 1.54) is 57.8 Å². The third kappa shape index (κ3) is 3.59. The molecule has 9 atom stereocenters. The van der Waals surface area contributed by atoms with E-state index in [-0.39, 0.29) is 0 Å². The van der Waals surface area contributed by atoms with Crippen LogP contribution in [0.2, 0.25) is 0 Å². The van der Waals surface area contributed by atoms with Crippen LogP contribution in [0.4, 0.5) is 0 Å². The Hall–Kier alpha value is -0.520. The predicted octanol–water partition coefficient (Wildman–Crippen LogP) is 8.69. The molecule has 0 spiro atoms. The molecule has 0 aromatic rings. The maximum absolute atomic E-state index is 2.71. The summed E-state index contributed by atoms with van der Waals surface area (Å²) in [6, 6.07) is 0. The van der Waals surface area contributed by atoms with Crippen molar-refractivity contribution >= 4 is 0 Å². The zero-order chi connectivity index (χ0) is 20.8. The van der Waals surface area contributed by atoms with Gasteiger partial charge in [-0.25, -0.2) is 0 Å². The zero-order valence-corrected chi connectivity index (χ0v) is 20.3. The van der Waals surface area contributed by atoms with Gasteiger partial charge in [0.15, 0.2) is 0 Å². The molecule has 4 aliphatic rings. The largest absolute Gasteiger partial charge is 0.0882 e. The quantitative estimate of drug-likeness (QED) is 0.408. The summed E-state index contributed by atoms with van der Waals surface area (Å²) in [5, 5.41) is 0. The summed E-state index contributed by atoms with van der Waals surface area (Å²) in [6.07, 6.45) is 23.3. The Kier molecular flexibility index (Phi) is 6.14. The van der Waals surface area contributed by atoms with Crippen LogP contribution < -0.4 is 0 Å². The van der Waals surface area contributed by atoms with Crippen molar-refractivity contribution < 1.29 is 0 Å². The summed E-state index contributed by atoms with van der Waals surface area (Å²) in [6.45, 7) is 15.0.